The van der Waals surface area contributed by atoms with Crippen LogP contribution in [0.1, 0.15) is 77.6 Å². The quantitative estimate of drug-likeness (QED) is 0.0205. The Balaban J connectivity index is 0.804. The number of carboxylic acids is 1. The molecule has 5 atom stereocenters. The number of hydrogen-bond acceptors (Lipinski definition) is 16. The number of esters is 1. The molecule has 2 aromatic carbocycles. The number of rotatable bonds is 23. The first kappa shape index (κ1) is 56.0. The molecule has 1 saturated carbocycles. The van der Waals surface area contributed by atoms with Gasteiger partial charge in [0.15, 0.2) is 5.60 Å². The zero-order valence-corrected chi connectivity index (χ0v) is 43.4. The fourth-order valence-corrected chi connectivity index (χ4v) is 10.5. The van der Waals surface area contributed by atoms with Gasteiger partial charge in [0.25, 0.3) is 17.4 Å². The van der Waals surface area contributed by atoms with Crippen molar-refractivity contribution in [2.75, 3.05) is 39.5 Å². The summed E-state index contributed by atoms with van der Waals surface area (Å²) in [6.45, 7) is -0.424. The van der Waals surface area contributed by atoms with E-state index in [1.54, 1.807) is 50.2 Å². The van der Waals surface area contributed by atoms with E-state index in [1.807, 2.05) is 0 Å². The molecule has 80 heavy (non-hydrogen) atoms. The highest BCUT2D eigenvalue weighted by atomic mass is 19.1. The molecule has 25 nitrogen and oxygen atoms in total. The Kier molecular flexibility index (Phi) is 16.3. The number of nitrogens with one attached hydrogen (secondary N) is 7. The van der Waals surface area contributed by atoms with E-state index in [-0.39, 0.29) is 43.0 Å². The van der Waals surface area contributed by atoms with Gasteiger partial charge in [-0.1, -0.05) is 37.3 Å². The van der Waals surface area contributed by atoms with Crippen LogP contribution in [0.2, 0.25) is 0 Å². The van der Waals surface area contributed by atoms with E-state index in [9.17, 15) is 57.8 Å². The molecule has 420 valence electrons. The van der Waals surface area contributed by atoms with Crippen LogP contribution >= 0.6 is 0 Å². The van der Waals surface area contributed by atoms with Crippen LogP contribution in [0.3, 0.4) is 0 Å². The van der Waals surface area contributed by atoms with Crippen LogP contribution in [0, 0.1) is 18.7 Å². The number of imide groups is 1. The molecule has 5 aliphatic rings. The molecule has 9 rings (SSSR count). The Hall–Kier alpha value is -8.75. The summed E-state index contributed by atoms with van der Waals surface area (Å²) < 4.78 is 28.2. The standard InChI is InChI=1S/C54H57FN10O15/c1-3-54(78)32-16-37-47-30(23-64(37)52(76)31(32)24-79-53(54)77)46-34(12-11-29-26(2)33(55)17-35(62-47)45(29)46)63-51(75)48(28-9-10-28)80-25-60-40(67)20-58-49(73)36(15-27-7-5-4-6-8-27)61-41(68)21-57-39(66)19-59-50(74)38(18-56-22-44(71)72)65-42(69)13-14-43(65)70/h4-8,13-14,16-17,28,34,36,38,48,56,78H,3,9-12,15,18-25H2,1-2H3,(H,57,66)(H,58,73)(H,59,74)(H,60,67)(H,61,68)(H,63,75)(H,71,72)/t34-,36-,38-,48-,54-/m0/s1. The largest absolute Gasteiger partial charge is 0.480 e. The minimum absolute atomic E-state index is 0.0312. The van der Waals surface area contributed by atoms with E-state index < -0.39 is 140 Å². The Labute approximate surface area is 454 Å². The second-order valence-corrected chi connectivity index (χ2v) is 20.0. The number of cyclic esters (lactones) is 1. The number of benzene rings is 2. The average molecular weight is 1110 g/mol. The maximum Gasteiger partial charge on any atom is 0.343 e. The number of hydrogen-bond donors (Lipinski definition) is 9. The molecule has 0 spiro atoms. The van der Waals surface area contributed by atoms with Crippen molar-refractivity contribution in [1.29, 1.82) is 0 Å². The third kappa shape index (κ3) is 11.5. The molecule has 0 bridgehead atoms. The third-order valence-corrected chi connectivity index (χ3v) is 14.8. The lowest BCUT2D eigenvalue weighted by molar-refractivity contribution is -0.172. The molecule has 0 radical (unpaired) electrons. The van der Waals surface area contributed by atoms with E-state index in [0.717, 1.165) is 17.7 Å². The Morgan fingerprint density at radius 1 is 0.850 bits per heavy atom. The minimum Gasteiger partial charge on any atom is -0.480 e. The predicted molar refractivity (Wildman–Crippen MR) is 275 cm³/mol. The monoisotopic (exact) mass is 1100 g/mol. The normalized spacial score (nSPS) is 18.7. The van der Waals surface area contributed by atoms with Crippen LogP contribution in [-0.4, -0.2) is 142 Å². The summed E-state index contributed by atoms with van der Waals surface area (Å²) in [5.41, 5.74) is 1.73. The number of aryl methyl sites for hydroxylation is 1. The molecule has 2 aliphatic carbocycles. The highest BCUT2D eigenvalue weighted by Gasteiger charge is 2.47. The van der Waals surface area contributed by atoms with E-state index in [1.165, 1.54) is 10.6 Å². The van der Waals surface area contributed by atoms with Gasteiger partial charge in [-0.2, -0.15) is 0 Å². The Morgan fingerprint density at radius 3 is 2.23 bits per heavy atom. The van der Waals surface area contributed by atoms with Gasteiger partial charge in [-0.25, -0.2) is 14.2 Å². The van der Waals surface area contributed by atoms with E-state index in [4.69, 9.17) is 19.6 Å². The number of carbonyl (C=O) groups is 10. The lowest BCUT2D eigenvalue weighted by atomic mass is 9.81. The molecule has 4 aromatic rings. The average Bonchev–Trinajstić information content (AvgIpc) is 4.33. The summed E-state index contributed by atoms with van der Waals surface area (Å²) in [5.74, 6) is -9.04. The molecule has 2 aromatic heterocycles. The van der Waals surface area contributed by atoms with Gasteiger partial charge in [-0.3, -0.25) is 52.8 Å². The summed E-state index contributed by atoms with van der Waals surface area (Å²) in [4.78, 5) is 148. The minimum atomic E-state index is -2.07. The molecule has 3 aliphatic heterocycles. The molecule has 0 saturated heterocycles. The van der Waals surface area contributed by atoms with Crippen molar-refractivity contribution in [3.63, 3.8) is 0 Å². The molecule has 8 amide bonds. The molecule has 26 heteroatoms. The van der Waals surface area contributed by atoms with Gasteiger partial charge in [-0.15, -0.1) is 0 Å². The van der Waals surface area contributed by atoms with Gasteiger partial charge in [0.05, 0.1) is 61.2 Å². The number of carboxylic acid groups (broad SMARTS) is 1. The number of aromatic nitrogens is 2. The van der Waals surface area contributed by atoms with E-state index >= 15 is 4.39 Å². The van der Waals surface area contributed by atoms with Crippen molar-refractivity contribution in [2.45, 2.75) is 95.4 Å². The molecule has 1 fully saturated rings. The Morgan fingerprint density at radius 2 is 1.54 bits per heavy atom. The van der Waals surface area contributed by atoms with Gasteiger partial charge in [0.2, 0.25) is 35.4 Å². The number of amides is 8. The number of fused-ring (bicyclic) bond motifs is 5. The lowest BCUT2D eigenvalue weighted by Gasteiger charge is -2.31. The second kappa shape index (κ2) is 23.3. The number of ether oxygens (including phenoxy) is 2. The highest BCUT2D eigenvalue weighted by molar-refractivity contribution is 6.15. The molecular weight excluding hydrogens is 1050 g/mol. The molecule has 5 heterocycles. The smallest absolute Gasteiger partial charge is 0.343 e. The van der Waals surface area contributed by atoms with Crippen molar-refractivity contribution in [1.82, 2.24) is 51.7 Å². The summed E-state index contributed by atoms with van der Waals surface area (Å²) in [5, 5.41) is 38.7. The van der Waals surface area contributed by atoms with Crippen LogP contribution in [0.4, 0.5) is 4.39 Å². The Bertz CT molecular complexity index is 3350. The zero-order chi connectivity index (χ0) is 57.2. The van der Waals surface area contributed by atoms with E-state index in [0.29, 0.717) is 75.1 Å². The third-order valence-electron chi connectivity index (χ3n) is 14.8. The predicted octanol–water partition coefficient (Wildman–Crippen LogP) is -1.46. The number of carbonyl (C=O) groups excluding carboxylic acids is 9. The van der Waals surface area contributed by atoms with Gasteiger partial charge >= 0.3 is 11.9 Å². The van der Waals surface area contributed by atoms with Crippen molar-refractivity contribution < 1.29 is 72.0 Å². The summed E-state index contributed by atoms with van der Waals surface area (Å²) in [6.07, 6.45) is 2.83. The van der Waals surface area contributed by atoms with Gasteiger partial charge in [-0.05, 0) is 73.3 Å². The maximum atomic E-state index is 15.5. The first-order valence-corrected chi connectivity index (χ1v) is 25.9. The number of aliphatic carboxylic acids is 1. The molecular formula is C54H57FN10O15. The summed E-state index contributed by atoms with van der Waals surface area (Å²) >= 11 is 0. The first-order valence-electron chi connectivity index (χ1n) is 25.9. The lowest BCUT2D eigenvalue weighted by Crippen LogP contribution is -2.56. The van der Waals surface area contributed by atoms with Gasteiger partial charge < -0.3 is 61.5 Å². The number of nitrogens with zero attached hydrogens (tertiary/aromatic N) is 3. The van der Waals surface area contributed by atoms with Crippen LogP contribution in [0.5, 0.6) is 0 Å². The number of aliphatic hydroxyl groups is 1. The molecule has 0 unspecified atom stereocenters. The van der Waals surface area contributed by atoms with Gasteiger partial charge in [0, 0.05) is 47.7 Å². The second-order valence-electron chi connectivity index (χ2n) is 20.0. The fraction of sp³-hybridized carbons (Fsp3) is 0.407. The van der Waals surface area contributed by atoms with Crippen molar-refractivity contribution in [3.8, 4) is 11.4 Å². The van der Waals surface area contributed by atoms with Crippen LogP contribution < -0.4 is 42.8 Å². The topological polar surface area (TPSA) is 352 Å². The van der Waals surface area contributed by atoms with Crippen LogP contribution in [0.25, 0.3) is 22.3 Å². The first-order chi connectivity index (χ1) is 38.3. The van der Waals surface area contributed by atoms with Crippen LogP contribution in [0.15, 0.2) is 59.4 Å². The number of halogens is 1. The summed E-state index contributed by atoms with van der Waals surface area (Å²) in [7, 11) is 0. The van der Waals surface area contributed by atoms with Gasteiger partial charge in [0.1, 0.15) is 37.3 Å². The highest BCUT2D eigenvalue weighted by Crippen LogP contribution is 2.46. The van der Waals surface area contributed by atoms with Crippen molar-refractivity contribution in [2.24, 2.45) is 5.92 Å². The van der Waals surface area contributed by atoms with Crippen LogP contribution in [-0.2, 0) is 89.0 Å². The van der Waals surface area contributed by atoms with E-state index in [2.05, 4.69) is 37.2 Å². The maximum absolute atomic E-state index is 15.5. The SMILES string of the molecule is CC[C@@]1(O)C(=O)OCc2c1cc1n(c2=O)Cc2c-1nc1cc(F)c(C)c3c1c2[C@@H](NC(=O)[C@@H](OCNC(=O)CNC(=O)[C@H](Cc1ccccc1)NC(=O)CNC(=O)CNC(=O)[C@H](CNCC(=O)O)N1C(=O)C=CC1=O)C1CC1)CC3. The number of pyridine rings is 2. The fourth-order valence-electron chi connectivity index (χ4n) is 10.5. The zero-order valence-electron chi connectivity index (χ0n) is 43.4. The van der Waals surface area contributed by atoms with Crippen molar-refractivity contribution >= 4 is 70.1 Å². The molecule has 9 N–H and O–H groups in total. The summed E-state index contributed by atoms with van der Waals surface area (Å²) in [6, 6.07) is 8.06. The van der Waals surface area contributed by atoms with Crippen molar-refractivity contribution in [3.05, 3.63) is 110 Å².